The van der Waals surface area contributed by atoms with Crippen molar-refractivity contribution in [1.82, 2.24) is 5.12 Å². The maximum absolute atomic E-state index is 5.67. The van der Waals surface area contributed by atoms with Gasteiger partial charge in [-0.1, -0.05) is 0 Å². The van der Waals surface area contributed by atoms with E-state index in [1.807, 2.05) is 24.3 Å². The SMILES string of the molecule is COc1ccc(/C(N)=N/N(C)N)cc1. The molecule has 76 valence electrons. The van der Waals surface area contributed by atoms with Crippen LogP contribution in [-0.4, -0.2) is 25.1 Å². The van der Waals surface area contributed by atoms with Gasteiger partial charge in [-0.25, -0.2) is 11.0 Å². The van der Waals surface area contributed by atoms with Crippen LogP contribution in [0, 0.1) is 0 Å². The van der Waals surface area contributed by atoms with E-state index in [0.29, 0.717) is 5.84 Å². The molecule has 1 aromatic carbocycles. The van der Waals surface area contributed by atoms with Crippen molar-refractivity contribution in [2.24, 2.45) is 16.7 Å². The third-order valence-corrected chi connectivity index (χ3v) is 1.65. The maximum Gasteiger partial charge on any atom is 0.152 e. The van der Waals surface area contributed by atoms with E-state index in [0.717, 1.165) is 11.3 Å². The Bertz CT molecular complexity index is 318. The fourth-order valence-corrected chi connectivity index (χ4v) is 0.989. The van der Waals surface area contributed by atoms with Gasteiger partial charge in [0.25, 0.3) is 0 Å². The quantitative estimate of drug-likeness (QED) is 0.310. The lowest BCUT2D eigenvalue weighted by Gasteiger charge is -2.07. The van der Waals surface area contributed by atoms with Gasteiger partial charge in [-0.2, -0.15) is 0 Å². The van der Waals surface area contributed by atoms with Gasteiger partial charge >= 0.3 is 0 Å². The van der Waals surface area contributed by atoms with Crippen molar-refractivity contribution in [3.8, 4) is 5.75 Å². The summed E-state index contributed by atoms with van der Waals surface area (Å²) < 4.78 is 5.01. The summed E-state index contributed by atoms with van der Waals surface area (Å²) in [6.07, 6.45) is 0. The maximum atomic E-state index is 5.67. The first-order valence-electron chi connectivity index (χ1n) is 4.10. The van der Waals surface area contributed by atoms with Gasteiger partial charge in [0.2, 0.25) is 0 Å². The second kappa shape index (κ2) is 4.48. The normalized spacial score (nSPS) is 11.2. The first-order chi connectivity index (χ1) is 6.63. The predicted molar refractivity (Wildman–Crippen MR) is 55.7 cm³/mol. The standard InChI is InChI=1S/C9H14N4O/c1-13(11)12-9(10)7-3-5-8(14-2)6-4-7/h3-6H,11H2,1-2H3,(H2,10,12). The second-order valence-corrected chi connectivity index (χ2v) is 2.79. The summed E-state index contributed by atoms with van der Waals surface area (Å²) in [5, 5.41) is 5.03. The van der Waals surface area contributed by atoms with Gasteiger partial charge in [0.15, 0.2) is 5.84 Å². The van der Waals surface area contributed by atoms with Crippen LogP contribution < -0.4 is 16.3 Å². The van der Waals surface area contributed by atoms with Crippen LogP contribution in [0.2, 0.25) is 0 Å². The van der Waals surface area contributed by atoms with Crippen molar-refractivity contribution in [3.05, 3.63) is 29.8 Å². The minimum absolute atomic E-state index is 0.373. The van der Waals surface area contributed by atoms with Crippen LogP contribution in [-0.2, 0) is 0 Å². The van der Waals surface area contributed by atoms with Crippen LogP contribution in [0.3, 0.4) is 0 Å². The molecular formula is C9H14N4O. The highest BCUT2D eigenvalue weighted by Crippen LogP contribution is 2.10. The Balaban J connectivity index is 2.86. The van der Waals surface area contributed by atoms with E-state index in [9.17, 15) is 0 Å². The molecule has 5 nitrogen and oxygen atoms in total. The van der Waals surface area contributed by atoms with Gasteiger partial charge in [0, 0.05) is 12.6 Å². The predicted octanol–water partition coefficient (Wildman–Crippen LogP) is 0.121. The number of nitrogens with zero attached hydrogens (tertiary/aromatic N) is 2. The molecular weight excluding hydrogens is 180 g/mol. The van der Waals surface area contributed by atoms with E-state index in [1.165, 1.54) is 5.12 Å². The average Bonchev–Trinajstić information content (AvgIpc) is 2.17. The fourth-order valence-electron chi connectivity index (χ4n) is 0.989. The lowest BCUT2D eigenvalue weighted by Crippen LogP contribution is -2.25. The molecule has 0 aliphatic carbocycles. The second-order valence-electron chi connectivity index (χ2n) is 2.79. The number of hydrogen-bond acceptors (Lipinski definition) is 4. The monoisotopic (exact) mass is 194 g/mol. The zero-order valence-corrected chi connectivity index (χ0v) is 8.27. The van der Waals surface area contributed by atoms with E-state index in [-0.39, 0.29) is 0 Å². The highest BCUT2D eigenvalue weighted by Gasteiger charge is 1.99. The highest BCUT2D eigenvalue weighted by atomic mass is 16.5. The Hall–Kier alpha value is -1.75. The van der Waals surface area contributed by atoms with Gasteiger partial charge in [-0.15, -0.1) is 5.10 Å². The number of amidine groups is 1. The van der Waals surface area contributed by atoms with Crippen molar-refractivity contribution in [1.29, 1.82) is 0 Å². The van der Waals surface area contributed by atoms with Crippen LogP contribution in [0.25, 0.3) is 0 Å². The van der Waals surface area contributed by atoms with Crippen LogP contribution in [0.5, 0.6) is 5.75 Å². The minimum Gasteiger partial charge on any atom is -0.497 e. The molecule has 1 rings (SSSR count). The van der Waals surface area contributed by atoms with Crippen LogP contribution in [0.1, 0.15) is 5.56 Å². The van der Waals surface area contributed by atoms with E-state index >= 15 is 0 Å². The number of hydrazine groups is 1. The summed E-state index contributed by atoms with van der Waals surface area (Å²) in [6.45, 7) is 0. The van der Waals surface area contributed by atoms with Gasteiger partial charge < -0.3 is 10.5 Å². The highest BCUT2D eigenvalue weighted by molar-refractivity contribution is 5.97. The number of ether oxygens (including phenoxy) is 1. The van der Waals surface area contributed by atoms with Gasteiger partial charge in [-0.3, -0.25) is 0 Å². The first kappa shape index (κ1) is 10.3. The van der Waals surface area contributed by atoms with Crippen molar-refractivity contribution >= 4 is 5.84 Å². The van der Waals surface area contributed by atoms with Gasteiger partial charge in [0.1, 0.15) is 5.75 Å². The molecule has 0 atom stereocenters. The Labute approximate surface area is 82.9 Å². The lowest BCUT2D eigenvalue weighted by molar-refractivity contribution is 0.371. The van der Waals surface area contributed by atoms with Crippen molar-refractivity contribution in [2.75, 3.05) is 14.2 Å². The third-order valence-electron chi connectivity index (χ3n) is 1.65. The summed E-state index contributed by atoms with van der Waals surface area (Å²) in [4.78, 5) is 0. The van der Waals surface area contributed by atoms with Crippen LogP contribution in [0.4, 0.5) is 0 Å². The number of benzene rings is 1. The van der Waals surface area contributed by atoms with E-state index in [2.05, 4.69) is 5.10 Å². The molecule has 5 heteroatoms. The van der Waals surface area contributed by atoms with Crippen LogP contribution >= 0.6 is 0 Å². The Morgan fingerprint density at radius 1 is 1.36 bits per heavy atom. The topological polar surface area (TPSA) is 76.9 Å². The number of hydrogen-bond donors (Lipinski definition) is 2. The zero-order valence-electron chi connectivity index (χ0n) is 8.27. The smallest absolute Gasteiger partial charge is 0.152 e. The first-order valence-corrected chi connectivity index (χ1v) is 4.10. The zero-order chi connectivity index (χ0) is 10.6. The third kappa shape index (κ3) is 2.63. The van der Waals surface area contributed by atoms with Crippen molar-refractivity contribution in [3.63, 3.8) is 0 Å². The molecule has 0 radical (unpaired) electrons. The number of hydrazone groups is 1. The molecule has 0 fully saturated rings. The number of rotatable bonds is 3. The molecule has 0 aliphatic heterocycles. The van der Waals surface area contributed by atoms with Crippen LogP contribution in [0.15, 0.2) is 29.4 Å². The number of methoxy groups -OCH3 is 1. The number of nitrogens with two attached hydrogens (primary N) is 2. The molecule has 0 spiro atoms. The Morgan fingerprint density at radius 2 is 1.93 bits per heavy atom. The fraction of sp³-hybridized carbons (Fsp3) is 0.222. The molecule has 0 aliphatic rings. The molecule has 0 saturated carbocycles. The largest absolute Gasteiger partial charge is 0.497 e. The molecule has 0 amide bonds. The summed E-state index contributed by atoms with van der Waals surface area (Å²) in [6, 6.07) is 7.27. The molecule has 0 heterocycles. The molecule has 0 aromatic heterocycles. The summed E-state index contributed by atoms with van der Waals surface area (Å²) in [5.41, 5.74) is 6.48. The molecule has 0 saturated heterocycles. The van der Waals surface area contributed by atoms with Crippen molar-refractivity contribution < 1.29 is 4.74 Å². The van der Waals surface area contributed by atoms with Gasteiger partial charge in [0.05, 0.1) is 7.11 Å². The molecule has 14 heavy (non-hydrogen) atoms. The summed E-state index contributed by atoms with van der Waals surface area (Å²) in [5.74, 6) is 6.48. The summed E-state index contributed by atoms with van der Waals surface area (Å²) >= 11 is 0. The molecule has 0 unspecified atom stereocenters. The van der Waals surface area contributed by atoms with Crippen molar-refractivity contribution in [2.45, 2.75) is 0 Å². The lowest BCUT2D eigenvalue weighted by atomic mass is 10.2. The van der Waals surface area contributed by atoms with E-state index in [1.54, 1.807) is 14.2 Å². The molecule has 0 bridgehead atoms. The summed E-state index contributed by atoms with van der Waals surface area (Å²) in [7, 11) is 3.22. The van der Waals surface area contributed by atoms with E-state index < -0.39 is 0 Å². The Kier molecular flexibility index (Phi) is 3.30. The Morgan fingerprint density at radius 3 is 2.36 bits per heavy atom. The average molecular weight is 194 g/mol. The molecule has 1 aromatic rings. The molecule has 4 N–H and O–H groups in total. The minimum atomic E-state index is 0.373. The van der Waals surface area contributed by atoms with Gasteiger partial charge in [-0.05, 0) is 24.3 Å². The van der Waals surface area contributed by atoms with E-state index in [4.69, 9.17) is 16.3 Å².